The molecular formula is C16H27N3O. The number of amides is 1. The van der Waals surface area contributed by atoms with E-state index in [1.54, 1.807) is 0 Å². The van der Waals surface area contributed by atoms with Crippen LogP contribution < -0.4 is 15.5 Å². The Morgan fingerprint density at radius 1 is 1.25 bits per heavy atom. The molecule has 0 saturated heterocycles. The fourth-order valence-electron chi connectivity index (χ4n) is 2.23. The Kier molecular flexibility index (Phi) is 7.09. The van der Waals surface area contributed by atoms with Crippen LogP contribution in [0.5, 0.6) is 0 Å². The summed E-state index contributed by atoms with van der Waals surface area (Å²) < 4.78 is 0. The molecule has 1 rings (SSSR count). The predicted octanol–water partition coefficient (Wildman–Crippen LogP) is 2.86. The molecule has 0 aromatic heterocycles. The highest BCUT2D eigenvalue weighted by molar-refractivity contribution is 5.90. The van der Waals surface area contributed by atoms with Crippen molar-refractivity contribution in [3.05, 3.63) is 24.3 Å². The van der Waals surface area contributed by atoms with E-state index in [-0.39, 0.29) is 5.91 Å². The van der Waals surface area contributed by atoms with Crippen LogP contribution in [0.25, 0.3) is 0 Å². The van der Waals surface area contributed by atoms with Crippen molar-refractivity contribution in [2.75, 3.05) is 30.4 Å². The van der Waals surface area contributed by atoms with E-state index in [4.69, 9.17) is 0 Å². The van der Waals surface area contributed by atoms with E-state index in [1.165, 1.54) is 5.69 Å². The first-order chi connectivity index (χ1) is 9.58. The van der Waals surface area contributed by atoms with Gasteiger partial charge in [-0.1, -0.05) is 0 Å². The predicted molar refractivity (Wildman–Crippen MR) is 86.4 cm³/mol. The molecule has 112 valence electrons. The number of hydrogen-bond donors (Lipinski definition) is 2. The van der Waals surface area contributed by atoms with Gasteiger partial charge in [0.15, 0.2) is 0 Å². The fourth-order valence-corrected chi connectivity index (χ4v) is 2.23. The van der Waals surface area contributed by atoms with Gasteiger partial charge in [-0.25, -0.2) is 0 Å². The lowest BCUT2D eigenvalue weighted by Gasteiger charge is -2.27. The summed E-state index contributed by atoms with van der Waals surface area (Å²) in [5, 5.41) is 5.97. The SMILES string of the molecule is CCN(c1ccc(NC(=O)CCCNC)cc1)C(C)C. The van der Waals surface area contributed by atoms with Gasteiger partial charge in [0, 0.05) is 30.4 Å². The zero-order valence-electron chi connectivity index (χ0n) is 13.1. The number of nitrogens with one attached hydrogen (secondary N) is 2. The van der Waals surface area contributed by atoms with E-state index >= 15 is 0 Å². The van der Waals surface area contributed by atoms with Crippen molar-refractivity contribution in [2.24, 2.45) is 0 Å². The maximum absolute atomic E-state index is 11.7. The second-order valence-corrected chi connectivity index (χ2v) is 5.18. The largest absolute Gasteiger partial charge is 0.369 e. The van der Waals surface area contributed by atoms with Crippen LogP contribution in [0.3, 0.4) is 0 Å². The number of carbonyl (C=O) groups excluding carboxylic acids is 1. The number of carbonyl (C=O) groups is 1. The fraction of sp³-hybridized carbons (Fsp3) is 0.562. The Labute approximate surface area is 122 Å². The van der Waals surface area contributed by atoms with Gasteiger partial charge in [0.05, 0.1) is 0 Å². The van der Waals surface area contributed by atoms with E-state index in [2.05, 4.69) is 48.4 Å². The summed E-state index contributed by atoms with van der Waals surface area (Å²) in [6.07, 6.45) is 1.41. The Balaban J connectivity index is 2.56. The van der Waals surface area contributed by atoms with Gasteiger partial charge < -0.3 is 15.5 Å². The van der Waals surface area contributed by atoms with Crippen LogP contribution in [0.15, 0.2) is 24.3 Å². The van der Waals surface area contributed by atoms with Crippen molar-refractivity contribution in [1.82, 2.24) is 5.32 Å². The van der Waals surface area contributed by atoms with Crippen LogP contribution in [-0.2, 0) is 4.79 Å². The molecule has 0 saturated carbocycles. The molecule has 0 aliphatic heterocycles. The van der Waals surface area contributed by atoms with Gasteiger partial charge >= 0.3 is 0 Å². The normalized spacial score (nSPS) is 10.7. The molecule has 4 heteroatoms. The summed E-state index contributed by atoms with van der Waals surface area (Å²) in [6, 6.07) is 8.54. The van der Waals surface area contributed by atoms with Crippen molar-refractivity contribution in [2.45, 2.75) is 39.7 Å². The molecule has 0 radical (unpaired) electrons. The van der Waals surface area contributed by atoms with Crippen molar-refractivity contribution >= 4 is 17.3 Å². The molecule has 1 amide bonds. The summed E-state index contributed by atoms with van der Waals surface area (Å²) in [5.41, 5.74) is 2.05. The molecule has 0 heterocycles. The third-order valence-corrected chi connectivity index (χ3v) is 3.28. The lowest BCUT2D eigenvalue weighted by molar-refractivity contribution is -0.116. The zero-order chi connectivity index (χ0) is 15.0. The van der Waals surface area contributed by atoms with E-state index in [1.807, 2.05) is 19.2 Å². The molecule has 0 spiro atoms. The molecule has 1 aromatic carbocycles. The summed E-state index contributed by atoms with van der Waals surface area (Å²) in [6.45, 7) is 8.36. The number of rotatable bonds is 8. The van der Waals surface area contributed by atoms with Gasteiger partial charge in [0.2, 0.25) is 5.91 Å². The lowest BCUT2D eigenvalue weighted by Crippen LogP contribution is -2.30. The van der Waals surface area contributed by atoms with Crippen LogP contribution in [0, 0.1) is 0 Å². The standard InChI is InChI=1S/C16H27N3O/c1-5-19(13(2)3)15-10-8-14(9-11-15)18-16(20)7-6-12-17-4/h8-11,13,17H,5-7,12H2,1-4H3,(H,18,20). The summed E-state index contributed by atoms with van der Waals surface area (Å²) in [7, 11) is 1.89. The average molecular weight is 277 g/mol. The smallest absolute Gasteiger partial charge is 0.224 e. The van der Waals surface area contributed by atoms with Crippen LogP contribution >= 0.6 is 0 Å². The molecular weight excluding hydrogens is 250 g/mol. The molecule has 0 fully saturated rings. The third-order valence-electron chi connectivity index (χ3n) is 3.28. The maximum Gasteiger partial charge on any atom is 0.224 e. The quantitative estimate of drug-likeness (QED) is 0.718. The number of hydrogen-bond acceptors (Lipinski definition) is 3. The zero-order valence-corrected chi connectivity index (χ0v) is 13.1. The first-order valence-corrected chi connectivity index (χ1v) is 7.39. The molecule has 4 nitrogen and oxygen atoms in total. The highest BCUT2D eigenvalue weighted by atomic mass is 16.1. The molecule has 0 aliphatic carbocycles. The summed E-state index contributed by atoms with van der Waals surface area (Å²) in [5.74, 6) is 0.0733. The number of anilines is 2. The molecule has 0 aliphatic rings. The highest BCUT2D eigenvalue weighted by Crippen LogP contribution is 2.20. The molecule has 1 aromatic rings. The Hall–Kier alpha value is -1.55. The Morgan fingerprint density at radius 2 is 1.90 bits per heavy atom. The first-order valence-electron chi connectivity index (χ1n) is 7.39. The molecule has 20 heavy (non-hydrogen) atoms. The van der Waals surface area contributed by atoms with Crippen LogP contribution in [0.2, 0.25) is 0 Å². The molecule has 0 unspecified atom stereocenters. The minimum Gasteiger partial charge on any atom is -0.369 e. The molecule has 0 bridgehead atoms. The van der Waals surface area contributed by atoms with Crippen molar-refractivity contribution in [3.63, 3.8) is 0 Å². The minimum atomic E-state index is 0.0733. The van der Waals surface area contributed by atoms with Crippen LogP contribution in [0.4, 0.5) is 11.4 Å². The van der Waals surface area contributed by atoms with E-state index in [0.29, 0.717) is 12.5 Å². The van der Waals surface area contributed by atoms with E-state index in [0.717, 1.165) is 25.2 Å². The van der Waals surface area contributed by atoms with Gasteiger partial charge in [-0.3, -0.25) is 4.79 Å². The summed E-state index contributed by atoms with van der Waals surface area (Å²) >= 11 is 0. The monoisotopic (exact) mass is 277 g/mol. The summed E-state index contributed by atoms with van der Waals surface area (Å²) in [4.78, 5) is 14.0. The van der Waals surface area contributed by atoms with Gasteiger partial charge in [0.1, 0.15) is 0 Å². The second-order valence-electron chi connectivity index (χ2n) is 5.18. The minimum absolute atomic E-state index is 0.0733. The topological polar surface area (TPSA) is 44.4 Å². The lowest BCUT2D eigenvalue weighted by atomic mass is 10.2. The van der Waals surface area contributed by atoms with E-state index < -0.39 is 0 Å². The van der Waals surface area contributed by atoms with Crippen LogP contribution in [-0.4, -0.2) is 32.1 Å². The maximum atomic E-state index is 11.7. The Morgan fingerprint density at radius 3 is 2.40 bits per heavy atom. The molecule has 0 atom stereocenters. The first kappa shape index (κ1) is 16.5. The van der Waals surface area contributed by atoms with Gasteiger partial charge in [-0.15, -0.1) is 0 Å². The van der Waals surface area contributed by atoms with Crippen molar-refractivity contribution in [3.8, 4) is 0 Å². The number of benzene rings is 1. The highest BCUT2D eigenvalue weighted by Gasteiger charge is 2.08. The second kappa shape index (κ2) is 8.59. The van der Waals surface area contributed by atoms with E-state index in [9.17, 15) is 4.79 Å². The van der Waals surface area contributed by atoms with Gasteiger partial charge in [-0.05, 0) is 65.0 Å². The van der Waals surface area contributed by atoms with Crippen LogP contribution in [0.1, 0.15) is 33.6 Å². The van der Waals surface area contributed by atoms with Gasteiger partial charge in [0.25, 0.3) is 0 Å². The average Bonchev–Trinajstić information content (AvgIpc) is 2.41. The van der Waals surface area contributed by atoms with Crippen molar-refractivity contribution < 1.29 is 4.79 Å². The van der Waals surface area contributed by atoms with Crippen molar-refractivity contribution in [1.29, 1.82) is 0 Å². The molecule has 2 N–H and O–H groups in total. The third kappa shape index (κ3) is 5.21. The number of nitrogens with zero attached hydrogens (tertiary/aromatic N) is 1. The van der Waals surface area contributed by atoms with Gasteiger partial charge in [-0.2, -0.15) is 0 Å². The Bertz CT molecular complexity index is 401.